The minimum absolute atomic E-state index is 0.129. The summed E-state index contributed by atoms with van der Waals surface area (Å²) in [6.07, 6.45) is 0. The highest BCUT2D eigenvalue weighted by Crippen LogP contribution is 2.45. The highest BCUT2D eigenvalue weighted by atomic mass is 32.1. The molecule has 0 bridgehead atoms. The normalized spacial score (nSPS) is 13.1. The summed E-state index contributed by atoms with van der Waals surface area (Å²) >= 11 is 1.86. The summed E-state index contributed by atoms with van der Waals surface area (Å²) in [5.41, 5.74) is 9.73. The van der Waals surface area contributed by atoms with Crippen molar-refractivity contribution in [2.24, 2.45) is 0 Å². The first-order valence-corrected chi connectivity index (χ1v) is 14.5. The van der Waals surface area contributed by atoms with Gasteiger partial charge in [-0.25, -0.2) is 0 Å². The Balaban J connectivity index is 1.30. The molecule has 186 valence electrons. The molecule has 0 amide bonds. The van der Waals surface area contributed by atoms with Crippen LogP contribution in [0.25, 0.3) is 31.3 Å². The fourth-order valence-electron chi connectivity index (χ4n) is 6.65. The predicted molar refractivity (Wildman–Crippen MR) is 171 cm³/mol. The van der Waals surface area contributed by atoms with Crippen molar-refractivity contribution in [2.45, 2.75) is 0 Å². The highest BCUT2D eigenvalue weighted by Gasteiger charge is 2.41. The second kappa shape index (κ2) is 8.35. The lowest BCUT2D eigenvalue weighted by Crippen LogP contribution is -2.59. The lowest BCUT2D eigenvalue weighted by molar-refractivity contribution is 0.487. The molecule has 6 aromatic carbocycles. The van der Waals surface area contributed by atoms with E-state index < -0.39 is 0 Å². The van der Waals surface area contributed by atoms with Crippen LogP contribution in [0.3, 0.4) is 0 Å². The van der Waals surface area contributed by atoms with Gasteiger partial charge in [0.2, 0.25) is 0 Å². The molecule has 0 N–H and O–H groups in total. The Kier molecular flexibility index (Phi) is 4.61. The Morgan fingerprint density at radius 1 is 0.525 bits per heavy atom. The zero-order valence-corrected chi connectivity index (χ0v) is 22.4. The first kappa shape index (κ1) is 22.1. The lowest BCUT2D eigenvalue weighted by Gasteiger charge is -2.40. The first-order valence-electron chi connectivity index (χ1n) is 13.6. The van der Waals surface area contributed by atoms with E-state index in [1.165, 1.54) is 64.7 Å². The van der Waals surface area contributed by atoms with E-state index in [0.29, 0.717) is 0 Å². The van der Waals surface area contributed by atoms with Crippen LogP contribution in [0.1, 0.15) is 0 Å². The van der Waals surface area contributed by atoms with Gasteiger partial charge in [0.05, 0.1) is 5.69 Å². The first-order chi connectivity index (χ1) is 19.8. The Morgan fingerprint density at radius 2 is 1.23 bits per heavy atom. The second-order valence-corrected chi connectivity index (χ2v) is 11.6. The third-order valence-electron chi connectivity index (χ3n) is 8.34. The van der Waals surface area contributed by atoms with Gasteiger partial charge >= 0.3 is 0 Å². The van der Waals surface area contributed by atoms with E-state index in [9.17, 15) is 0 Å². The molecule has 0 aliphatic carbocycles. The summed E-state index contributed by atoms with van der Waals surface area (Å²) in [5, 5.41) is 2.63. The van der Waals surface area contributed by atoms with Crippen molar-refractivity contribution in [1.82, 2.24) is 0 Å². The summed E-state index contributed by atoms with van der Waals surface area (Å²) in [4.78, 5) is 2.44. The van der Waals surface area contributed by atoms with Crippen molar-refractivity contribution in [2.75, 3.05) is 4.90 Å². The number of ether oxygens (including phenoxy) is 1. The van der Waals surface area contributed by atoms with Gasteiger partial charge in [0.15, 0.2) is 0 Å². The Hall–Kier alpha value is -4.80. The maximum atomic E-state index is 6.49. The van der Waals surface area contributed by atoms with Crippen LogP contribution in [-0.4, -0.2) is 6.71 Å². The van der Waals surface area contributed by atoms with Crippen LogP contribution < -0.4 is 26.0 Å². The minimum atomic E-state index is 0.129. The molecule has 1 aromatic heterocycles. The molecule has 0 unspecified atom stereocenters. The maximum Gasteiger partial charge on any atom is 0.256 e. The number of rotatable bonds is 2. The van der Waals surface area contributed by atoms with Crippen LogP contribution in [0.5, 0.6) is 11.5 Å². The monoisotopic (exact) mass is 527 g/mol. The fraction of sp³-hybridized carbons (Fsp3) is 0. The van der Waals surface area contributed by atoms with Crippen molar-refractivity contribution >= 4 is 71.7 Å². The SMILES string of the molecule is c1ccc2c(c1)Oc1cccc3c1B2c1ccccc1N3c1ccccc1-c1ccc2sc3ccccc3c2c1. The zero-order chi connectivity index (χ0) is 26.2. The molecular weight excluding hydrogens is 505 g/mol. The molecule has 0 spiro atoms. The molecule has 0 saturated heterocycles. The van der Waals surface area contributed by atoms with Gasteiger partial charge in [-0.2, -0.15) is 0 Å². The molecule has 2 nitrogen and oxygen atoms in total. The van der Waals surface area contributed by atoms with Crippen LogP contribution in [-0.2, 0) is 0 Å². The second-order valence-electron chi connectivity index (χ2n) is 10.5. The Labute approximate surface area is 236 Å². The van der Waals surface area contributed by atoms with Crippen LogP contribution in [0.15, 0.2) is 133 Å². The van der Waals surface area contributed by atoms with E-state index in [4.69, 9.17) is 4.74 Å². The summed E-state index contributed by atoms with van der Waals surface area (Å²) in [5.74, 6) is 1.88. The van der Waals surface area contributed by atoms with Crippen molar-refractivity contribution in [3.05, 3.63) is 133 Å². The van der Waals surface area contributed by atoms with Gasteiger partial charge < -0.3 is 9.64 Å². The third kappa shape index (κ3) is 3.05. The molecular formula is C36H22BNOS. The maximum absolute atomic E-state index is 6.49. The van der Waals surface area contributed by atoms with Gasteiger partial charge in [0.1, 0.15) is 11.5 Å². The van der Waals surface area contributed by atoms with Crippen LogP contribution in [0.4, 0.5) is 17.1 Å². The number of nitrogens with zero attached hydrogens (tertiary/aromatic N) is 1. The van der Waals surface area contributed by atoms with E-state index in [1.807, 2.05) is 11.3 Å². The molecule has 0 saturated carbocycles. The molecule has 0 radical (unpaired) electrons. The molecule has 40 heavy (non-hydrogen) atoms. The summed E-state index contributed by atoms with van der Waals surface area (Å²) in [6, 6.07) is 48.2. The standard InChI is InChI=1S/C36H22BNOS/c1-5-14-29(24(10-1)23-20-21-35-26(22-23)25-11-2-8-19-34(25)40-35)38-30-15-6-3-12-27(30)37-28-13-4-7-17-32(28)39-33-18-9-16-31(38)36(33)37/h1-22H. The summed E-state index contributed by atoms with van der Waals surface area (Å²) in [7, 11) is 0. The summed E-state index contributed by atoms with van der Waals surface area (Å²) in [6.45, 7) is 0.129. The number of anilines is 3. The smallest absolute Gasteiger partial charge is 0.256 e. The lowest BCUT2D eigenvalue weighted by atomic mass is 9.34. The Morgan fingerprint density at radius 3 is 2.17 bits per heavy atom. The van der Waals surface area contributed by atoms with Crippen LogP contribution in [0, 0.1) is 0 Å². The molecule has 9 rings (SSSR count). The highest BCUT2D eigenvalue weighted by molar-refractivity contribution is 7.25. The predicted octanol–water partition coefficient (Wildman–Crippen LogP) is 8.13. The van der Waals surface area contributed by atoms with Crippen molar-refractivity contribution in [1.29, 1.82) is 0 Å². The number of fused-ring (bicyclic) bond motifs is 7. The third-order valence-corrected chi connectivity index (χ3v) is 9.50. The van der Waals surface area contributed by atoms with E-state index in [-0.39, 0.29) is 6.71 Å². The molecule has 2 aliphatic rings. The molecule has 4 heteroatoms. The topological polar surface area (TPSA) is 12.5 Å². The molecule has 0 fully saturated rings. The van der Waals surface area contributed by atoms with E-state index in [1.54, 1.807) is 0 Å². The van der Waals surface area contributed by atoms with E-state index in [0.717, 1.165) is 11.5 Å². The Bertz CT molecular complexity index is 2130. The minimum Gasteiger partial charge on any atom is -0.458 e. The van der Waals surface area contributed by atoms with Crippen molar-refractivity contribution in [3.8, 4) is 22.6 Å². The van der Waals surface area contributed by atoms with Gasteiger partial charge in [-0.1, -0.05) is 84.9 Å². The largest absolute Gasteiger partial charge is 0.458 e. The van der Waals surface area contributed by atoms with Gasteiger partial charge in [0, 0.05) is 37.1 Å². The average Bonchev–Trinajstić information content (AvgIpc) is 3.39. The number of para-hydroxylation sites is 3. The average molecular weight is 527 g/mol. The molecule has 2 aliphatic heterocycles. The molecule has 7 aromatic rings. The zero-order valence-electron chi connectivity index (χ0n) is 21.5. The number of benzene rings is 6. The van der Waals surface area contributed by atoms with Gasteiger partial charge in [-0.15, -0.1) is 11.3 Å². The van der Waals surface area contributed by atoms with Gasteiger partial charge in [0.25, 0.3) is 6.71 Å². The number of hydrogen-bond acceptors (Lipinski definition) is 3. The van der Waals surface area contributed by atoms with E-state index >= 15 is 0 Å². The fourth-order valence-corrected chi connectivity index (χ4v) is 7.73. The van der Waals surface area contributed by atoms with Crippen molar-refractivity contribution in [3.63, 3.8) is 0 Å². The number of thiophene rings is 1. The summed E-state index contributed by atoms with van der Waals surface area (Å²) < 4.78 is 9.14. The van der Waals surface area contributed by atoms with E-state index in [2.05, 4.69) is 138 Å². The molecule has 0 atom stereocenters. The molecule has 3 heterocycles. The quantitative estimate of drug-likeness (QED) is 0.211. The van der Waals surface area contributed by atoms with Gasteiger partial charge in [-0.3, -0.25) is 0 Å². The van der Waals surface area contributed by atoms with Crippen molar-refractivity contribution < 1.29 is 4.74 Å². The van der Waals surface area contributed by atoms with Crippen LogP contribution >= 0.6 is 11.3 Å². The van der Waals surface area contributed by atoms with Crippen LogP contribution in [0.2, 0.25) is 0 Å². The number of hydrogen-bond donors (Lipinski definition) is 0. The van der Waals surface area contributed by atoms with Gasteiger partial charge in [-0.05, 0) is 70.5 Å².